The fourth-order valence-corrected chi connectivity index (χ4v) is 4.41. The Morgan fingerprint density at radius 1 is 1.29 bits per heavy atom. The summed E-state index contributed by atoms with van der Waals surface area (Å²) in [5.41, 5.74) is 1.34. The molecule has 6 nitrogen and oxygen atoms in total. The van der Waals surface area contributed by atoms with Gasteiger partial charge in [-0.05, 0) is 37.7 Å². The summed E-state index contributed by atoms with van der Waals surface area (Å²) >= 11 is 1.36. The second-order valence-corrected chi connectivity index (χ2v) is 6.88. The van der Waals surface area contributed by atoms with Crippen molar-refractivity contribution in [3.63, 3.8) is 0 Å². The standard InChI is InChI=1S/C17H23NO5S/c1-4-6-10-7-8-11-12(9-10)24-15(13(11)16(20)23-5-2)18-14(19)17(21)22-3/h10H,4-9H2,1-3H3,(H,18,19)/t10-/m0/s1. The van der Waals surface area contributed by atoms with E-state index < -0.39 is 17.8 Å². The van der Waals surface area contributed by atoms with Gasteiger partial charge >= 0.3 is 17.8 Å². The maximum Gasteiger partial charge on any atom is 0.396 e. The molecule has 0 unspecified atom stereocenters. The minimum Gasteiger partial charge on any atom is -0.462 e. The first-order chi connectivity index (χ1) is 11.5. The van der Waals surface area contributed by atoms with E-state index in [1.165, 1.54) is 11.3 Å². The van der Waals surface area contributed by atoms with Gasteiger partial charge in [-0.3, -0.25) is 4.79 Å². The maximum atomic E-state index is 12.3. The minimum atomic E-state index is -0.986. The highest BCUT2D eigenvalue weighted by Crippen LogP contribution is 2.41. The summed E-state index contributed by atoms with van der Waals surface area (Å²) in [6, 6.07) is 0. The summed E-state index contributed by atoms with van der Waals surface area (Å²) < 4.78 is 9.56. The Morgan fingerprint density at radius 3 is 2.67 bits per heavy atom. The second kappa shape index (κ2) is 8.28. The van der Waals surface area contributed by atoms with Crippen LogP contribution in [0.15, 0.2) is 0 Å². The summed E-state index contributed by atoms with van der Waals surface area (Å²) in [4.78, 5) is 36.6. The van der Waals surface area contributed by atoms with Gasteiger partial charge in [0.2, 0.25) is 0 Å². The fraction of sp³-hybridized carbons (Fsp3) is 0.588. The highest BCUT2D eigenvalue weighted by atomic mass is 32.1. The quantitative estimate of drug-likeness (QED) is 0.650. The number of carbonyl (C=O) groups excluding carboxylic acids is 3. The molecule has 1 atom stereocenters. The Bertz CT molecular complexity index is 637. The summed E-state index contributed by atoms with van der Waals surface area (Å²) in [5, 5.41) is 2.89. The van der Waals surface area contributed by atoms with Crippen LogP contribution < -0.4 is 5.32 Å². The van der Waals surface area contributed by atoms with Gasteiger partial charge in [0.1, 0.15) is 5.00 Å². The van der Waals surface area contributed by atoms with E-state index >= 15 is 0 Å². The Labute approximate surface area is 145 Å². The Balaban J connectivity index is 2.33. The number of anilines is 1. The van der Waals surface area contributed by atoms with Crippen molar-refractivity contribution in [3.8, 4) is 0 Å². The number of hydrogen-bond acceptors (Lipinski definition) is 6. The molecule has 0 saturated carbocycles. The fourth-order valence-electron chi connectivity index (χ4n) is 3.06. The van der Waals surface area contributed by atoms with Crippen LogP contribution in [0.25, 0.3) is 0 Å². The van der Waals surface area contributed by atoms with E-state index in [1.54, 1.807) is 6.92 Å². The lowest BCUT2D eigenvalue weighted by Crippen LogP contribution is -2.24. The molecule has 1 N–H and O–H groups in total. The van der Waals surface area contributed by atoms with Crippen LogP contribution in [0.3, 0.4) is 0 Å². The number of amides is 1. The molecule has 2 rings (SSSR count). The Morgan fingerprint density at radius 2 is 2.04 bits per heavy atom. The molecule has 0 bridgehead atoms. The van der Waals surface area contributed by atoms with Crippen molar-refractivity contribution in [3.05, 3.63) is 16.0 Å². The lowest BCUT2D eigenvalue weighted by Gasteiger charge is -2.21. The number of carbonyl (C=O) groups is 3. The molecule has 0 saturated heterocycles. The predicted octanol–water partition coefficient (Wildman–Crippen LogP) is 2.94. The van der Waals surface area contributed by atoms with Gasteiger partial charge in [0, 0.05) is 4.88 Å². The smallest absolute Gasteiger partial charge is 0.396 e. The Hall–Kier alpha value is -1.89. The first-order valence-electron chi connectivity index (χ1n) is 8.22. The van der Waals surface area contributed by atoms with E-state index in [1.807, 2.05) is 0 Å². The highest BCUT2D eigenvalue weighted by Gasteiger charge is 2.30. The highest BCUT2D eigenvalue weighted by molar-refractivity contribution is 7.17. The van der Waals surface area contributed by atoms with Crippen molar-refractivity contribution < 1.29 is 23.9 Å². The number of hydrogen-bond donors (Lipinski definition) is 1. The summed E-state index contributed by atoms with van der Waals surface area (Å²) in [6.45, 7) is 4.16. The molecule has 1 aliphatic carbocycles. The van der Waals surface area contributed by atoms with E-state index in [0.717, 1.165) is 49.7 Å². The number of ether oxygens (including phenoxy) is 2. The minimum absolute atomic E-state index is 0.256. The maximum absolute atomic E-state index is 12.3. The summed E-state index contributed by atoms with van der Waals surface area (Å²) in [7, 11) is 1.14. The lowest BCUT2D eigenvalue weighted by atomic mass is 9.84. The van der Waals surface area contributed by atoms with Crippen LogP contribution in [0.5, 0.6) is 0 Å². The SMILES string of the molecule is CCC[C@H]1CCc2c(sc(NC(=O)C(=O)OC)c2C(=O)OCC)C1. The topological polar surface area (TPSA) is 81.7 Å². The third kappa shape index (κ3) is 3.95. The largest absolute Gasteiger partial charge is 0.462 e. The molecule has 0 radical (unpaired) electrons. The van der Waals surface area contributed by atoms with Gasteiger partial charge < -0.3 is 14.8 Å². The van der Waals surface area contributed by atoms with E-state index in [9.17, 15) is 14.4 Å². The molecule has 7 heteroatoms. The first kappa shape index (κ1) is 18.4. The zero-order chi connectivity index (χ0) is 17.7. The van der Waals surface area contributed by atoms with Crippen molar-refractivity contribution in [1.29, 1.82) is 0 Å². The van der Waals surface area contributed by atoms with Gasteiger partial charge in [-0.15, -0.1) is 11.3 Å². The van der Waals surface area contributed by atoms with Crippen molar-refractivity contribution in [2.24, 2.45) is 5.92 Å². The molecule has 0 spiro atoms. The van der Waals surface area contributed by atoms with Crippen LogP contribution in [-0.4, -0.2) is 31.6 Å². The average Bonchev–Trinajstić information content (AvgIpc) is 2.91. The third-order valence-corrected chi connectivity index (χ3v) is 5.31. The van der Waals surface area contributed by atoms with Crippen LogP contribution in [0.2, 0.25) is 0 Å². The molecule has 0 fully saturated rings. The molecule has 24 heavy (non-hydrogen) atoms. The third-order valence-electron chi connectivity index (χ3n) is 4.14. The van der Waals surface area contributed by atoms with Gasteiger partial charge in [0.05, 0.1) is 19.3 Å². The Kier molecular flexibility index (Phi) is 6.36. The molecular formula is C17H23NO5S. The normalized spacial score (nSPS) is 16.2. The number of rotatable bonds is 5. The van der Waals surface area contributed by atoms with Crippen molar-refractivity contribution >= 4 is 34.2 Å². The van der Waals surface area contributed by atoms with Gasteiger partial charge in [0.25, 0.3) is 0 Å². The van der Waals surface area contributed by atoms with Gasteiger partial charge in [0.15, 0.2) is 0 Å². The number of fused-ring (bicyclic) bond motifs is 1. The lowest BCUT2D eigenvalue weighted by molar-refractivity contribution is -0.150. The molecule has 1 heterocycles. The van der Waals surface area contributed by atoms with E-state index in [0.29, 0.717) is 16.5 Å². The van der Waals surface area contributed by atoms with E-state index in [4.69, 9.17) is 4.74 Å². The van der Waals surface area contributed by atoms with Crippen LogP contribution >= 0.6 is 11.3 Å². The molecule has 0 aliphatic heterocycles. The molecule has 0 aromatic carbocycles. The zero-order valence-electron chi connectivity index (χ0n) is 14.3. The number of thiophene rings is 1. The van der Waals surface area contributed by atoms with Gasteiger partial charge in [-0.25, -0.2) is 9.59 Å². The zero-order valence-corrected chi connectivity index (χ0v) is 15.1. The van der Waals surface area contributed by atoms with Crippen LogP contribution in [-0.2, 0) is 31.9 Å². The molecule has 132 valence electrons. The van der Waals surface area contributed by atoms with Crippen LogP contribution in [0.4, 0.5) is 5.00 Å². The molecule has 1 aromatic heterocycles. The summed E-state index contributed by atoms with van der Waals surface area (Å²) in [6.07, 6.45) is 4.99. The van der Waals surface area contributed by atoms with Gasteiger partial charge in [-0.1, -0.05) is 19.8 Å². The van der Waals surface area contributed by atoms with E-state index in [-0.39, 0.29) is 6.61 Å². The number of nitrogens with one attached hydrogen (secondary N) is 1. The number of esters is 2. The molecular weight excluding hydrogens is 330 g/mol. The number of methoxy groups -OCH3 is 1. The van der Waals surface area contributed by atoms with Crippen molar-refractivity contribution in [2.75, 3.05) is 19.0 Å². The van der Waals surface area contributed by atoms with E-state index in [2.05, 4.69) is 17.0 Å². The average molecular weight is 353 g/mol. The van der Waals surface area contributed by atoms with Gasteiger partial charge in [-0.2, -0.15) is 0 Å². The van der Waals surface area contributed by atoms with Crippen molar-refractivity contribution in [2.45, 2.75) is 46.0 Å². The molecule has 1 aromatic rings. The van der Waals surface area contributed by atoms with Crippen molar-refractivity contribution in [1.82, 2.24) is 0 Å². The first-order valence-corrected chi connectivity index (χ1v) is 9.04. The second-order valence-electron chi connectivity index (χ2n) is 5.77. The molecule has 1 aliphatic rings. The summed E-state index contributed by atoms with van der Waals surface area (Å²) in [5.74, 6) is -1.73. The van der Waals surface area contributed by atoms with Crippen LogP contribution in [0.1, 0.15) is 53.9 Å². The van der Waals surface area contributed by atoms with Crippen LogP contribution in [0, 0.1) is 5.92 Å². The predicted molar refractivity (Wildman–Crippen MR) is 91.3 cm³/mol. The molecule has 1 amide bonds. The monoisotopic (exact) mass is 353 g/mol.